The van der Waals surface area contributed by atoms with Crippen LogP contribution >= 0.6 is 0 Å². The maximum absolute atomic E-state index is 12.4. The van der Waals surface area contributed by atoms with Gasteiger partial charge in [0.25, 0.3) is 0 Å². The zero-order chi connectivity index (χ0) is 17.4. The largest absolute Gasteiger partial charge is 0.361 e. The molecule has 25 heavy (non-hydrogen) atoms. The highest BCUT2D eigenvalue weighted by atomic mass is 16.1. The molecular formula is C19H18N4O2. The Morgan fingerprint density at radius 3 is 2.76 bits per heavy atom. The van der Waals surface area contributed by atoms with Crippen molar-refractivity contribution in [1.29, 1.82) is 0 Å². The Labute approximate surface area is 143 Å². The van der Waals surface area contributed by atoms with Gasteiger partial charge in [-0.3, -0.25) is 4.79 Å². The van der Waals surface area contributed by atoms with Crippen LogP contribution < -0.4 is 11.0 Å². The van der Waals surface area contributed by atoms with Gasteiger partial charge in [-0.1, -0.05) is 24.3 Å². The highest BCUT2D eigenvalue weighted by molar-refractivity contribution is 5.89. The minimum absolute atomic E-state index is 0.0417. The molecule has 0 aliphatic carbocycles. The first kappa shape index (κ1) is 15.3. The molecule has 1 amide bonds. The molecule has 4 aromatic rings. The minimum atomic E-state index is -0.233. The van der Waals surface area contributed by atoms with Gasteiger partial charge in [-0.2, -0.15) is 0 Å². The van der Waals surface area contributed by atoms with Gasteiger partial charge < -0.3 is 20.3 Å². The Morgan fingerprint density at radius 1 is 1.08 bits per heavy atom. The van der Waals surface area contributed by atoms with E-state index in [2.05, 4.69) is 20.3 Å². The number of fused-ring (bicyclic) bond motifs is 2. The molecule has 0 spiro atoms. The van der Waals surface area contributed by atoms with Crippen molar-refractivity contribution in [2.45, 2.75) is 19.4 Å². The van der Waals surface area contributed by atoms with Crippen LogP contribution in [0.15, 0.2) is 53.5 Å². The zero-order valence-corrected chi connectivity index (χ0v) is 13.7. The average molecular weight is 334 g/mol. The van der Waals surface area contributed by atoms with E-state index < -0.39 is 0 Å². The lowest BCUT2D eigenvalue weighted by Gasteiger charge is -2.14. The molecule has 2 aromatic heterocycles. The quantitative estimate of drug-likeness (QED) is 0.462. The van der Waals surface area contributed by atoms with E-state index >= 15 is 0 Å². The van der Waals surface area contributed by atoms with Crippen LogP contribution in [0.25, 0.3) is 21.9 Å². The van der Waals surface area contributed by atoms with Crippen LogP contribution in [0.4, 0.5) is 0 Å². The van der Waals surface area contributed by atoms with Gasteiger partial charge in [-0.15, -0.1) is 0 Å². The number of aromatic nitrogens is 3. The number of benzene rings is 2. The molecule has 1 atom stereocenters. The summed E-state index contributed by atoms with van der Waals surface area (Å²) in [5.41, 5.74) is 4.20. The topological polar surface area (TPSA) is 93.5 Å². The molecule has 1 unspecified atom stereocenters. The van der Waals surface area contributed by atoms with Gasteiger partial charge in [0, 0.05) is 17.1 Å². The van der Waals surface area contributed by atoms with Crippen molar-refractivity contribution in [2.24, 2.45) is 0 Å². The molecule has 126 valence electrons. The number of nitrogens with one attached hydrogen (secondary N) is 4. The third-order valence-electron chi connectivity index (χ3n) is 4.44. The highest BCUT2D eigenvalue weighted by Crippen LogP contribution is 2.20. The van der Waals surface area contributed by atoms with E-state index in [-0.39, 0.29) is 17.6 Å². The van der Waals surface area contributed by atoms with Crippen molar-refractivity contribution < 1.29 is 4.79 Å². The van der Waals surface area contributed by atoms with Crippen molar-refractivity contribution in [3.63, 3.8) is 0 Å². The molecular weight excluding hydrogens is 316 g/mol. The number of amides is 1. The molecule has 4 rings (SSSR count). The third kappa shape index (κ3) is 2.94. The number of aromatic amines is 3. The number of rotatable bonds is 4. The van der Waals surface area contributed by atoms with Gasteiger partial charge >= 0.3 is 5.69 Å². The molecule has 0 saturated heterocycles. The van der Waals surface area contributed by atoms with Crippen LogP contribution in [0.3, 0.4) is 0 Å². The third-order valence-corrected chi connectivity index (χ3v) is 4.44. The van der Waals surface area contributed by atoms with Gasteiger partial charge in [0.05, 0.1) is 23.5 Å². The molecule has 2 heterocycles. The molecule has 0 aliphatic rings. The normalized spacial score (nSPS) is 12.5. The van der Waals surface area contributed by atoms with Gasteiger partial charge in [-0.05, 0) is 36.2 Å². The second kappa shape index (κ2) is 5.98. The summed E-state index contributed by atoms with van der Waals surface area (Å²) in [5.74, 6) is -0.0417. The summed E-state index contributed by atoms with van der Waals surface area (Å²) in [6.07, 6.45) is 2.20. The first-order valence-electron chi connectivity index (χ1n) is 8.16. The predicted molar refractivity (Wildman–Crippen MR) is 97.5 cm³/mol. The van der Waals surface area contributed by atoms with Crippen LogP contribution in [0.1, 0.15) is 24.1 Å². The van der Waals surface area contributed by atoms with Crippen molar-refractivity contribution in [3.05, 3.63) is 70.3 Å². The maximum atomic E-state index is 12.4. The standard InChI is InChI=1S/C19H18N4O2/c1-11(12-6-7-16-17(8-12)23-19(25)22-16)21-18(24)9-13-10-20-15-5-3-2-4-14(13)15/h2-8,10-11,20H,9H2,1H3,(H,21,24)(H2,22,23,25). The van der Waals surface area contributed by atoms with Crippen molar-refractivity contribution >= 4 is 27.8 Å². The second-order valence-electron chi connectivity index (χ2n) is 6.21. The summed E-state index contributed by atoms with van der Waals surface area (Å²) < 4.78 is 0. The number of hydrogen-bond acceptors (Lipinski definition) is 2. The van der Waals surface area contributed by atoms with Crippen LogP contribution in [-0.2, 0) is 11.2 Å². The van der Waals surface area contributed by atoms with Gasteiger partial charge in [-0.25, -0.2) is 4.79 Å². The van der Waals surface area contributed by atoms with Crippen LogP contribution in [0.2, 0.25) is 0 Å². The molecule has 6 heteroatoms. The van der Waals surface area contributed by atoms with E-state index in [0.717, 1.165) is 33.1 Å². The molecule has 4 N–H and O–H groups in total. The molecule has 0 saturated carbocycles. The first-order valence-corrected chi connectivity index (χ1v) is 8.16. The maximum Gasteiger partial charge on any atom is 0.323 e. The minimum Gasteiger partial charge on any atom is -0.361 e. The first-order chi connectivity index (χ1) is 12.1. The lowest BCUT2D eigenvalue weighted by molar-refractivity contribution is -0.121. The van der Waals surface area contributed by atoms with E-state index in [1.165, 1.54) is 0 Å². The summed E-state index contributed by atoms with van der Waals surface area (Å²) in [6, 6.07) is 13.4. The van der Waals surface area contributed by atoms with Crippen LogP contribution in [0.5, 0.6) is 0 Å². The number of para-hydroxylation sites is 1. The van der Waals surface area contributed by atoms with Crippen LogP contribution in [0, 0.1) is 0 Å². The van der Waals surface area contributed by atoms with Gasteiger partial charge in [0.2, 0.25) is 5.91 Å². The smallest absolute Gasteiger partial charge is 0.323 e. The fraction of sp³-hybridized carbons (Fsp3) is 0.158. The Morgan fingerprint density at radius 2 is 1.88 bits per heavy atom. The number of imidazole rings is 1. The van der Waals surface area contributed by atoms with Crippen molar-refractivity contribution in [3.8, 4) is 0 Å². The summed E-state index contributed by atoms with van der Waals surface area (Å²) in [7, 11) is 0. The second-order valence-corrected chi connectivity index (χ2v) is 6.21. The van der Waals surface area contributed by atoms with Gasteiger partial charge in [0.15, 0.2) is 0 Å². The average Bonchev–Trinajstić information content (AvgIpc) is 3.16. The summed E-state index contributed by atoms with van der Waals surface area (Å²) >= 11 is 0. The molecule has 0 radical (unpaired) electrons. The lowest BCUT2D eigenvalue weighted by Crippen LogP contribution is -2.28. The summed E-state index contributed by atoms with van der Waals surface area (Å²) in [5, 5.41) is 4.08. The number of hydrogen-bond donors (Lipinski definition) is 4. The number of H-pyrrole nitrogens is 3. The monoisotopic (exact) mass is 334 g/mol. The van der Waals surface area contributed by atoms with Gasteiger partial charge in [0.1, 0.15) is 0 Å². The molecule has 0 aliphatic heterocycles. The fourth-order valence-corrected chi connectivity index (χ4v) is 3.15. The van der Waals surface area contributed by atoms with E-state index in [0.29, 0.717) is 6.42 Å². The van der Waals surface area contributed by atoms with Crippen molar-refractivity contribution in [2.75, 3.05) is 0 Å². The van der Waals surface area contributed by atoms with E-state index in [1.807, 2.05) is 55.6 Å². The fourth-order valence-electron chi connectivity index (χ4n) is 3.15. The van der Waals surface area contributed by atoms with E-state index in [4.69, 9.17) is 0 Å². The molecule has 0 fully saturated rings. The summed E-state index contributed by atoms with van der Waals surface area (Å²) in [4.78, 5) is 32.4. The van der Waals surface area contributed by atoms with E-state index in [1.54, 1.807) is 0 Å². The highest BCUT2D eigenvalue weighted by Gasteiger charge is 2.13. The predicted octanol–water partition coefficient (Wildman–Crippen LogP) is 2.76. The van der Waals surface area contributed by atoms with Crippen molar-refractivity contribution in [1.82, 2.24) is 20.3 Å². The zero-order valence-electron chi connectivity index (χ0n) is 13.7. The Hall–Kier alpha value is -3.28. The van der Waals surface area contributed by atoms with Crippen LogP contribution in [-0.4, -0.2) is 20.9 Å². The Bertz CT molecular complexity index is 1120. The SMILES string of the molecule is CC(NC(=O)Cc1c[nH]c2ccccc12)c1ccc2[nH]c(=O)[nH]c2c1. The Kier molecular flexibility index (Phi) is 3.65. The molecule has 6 nitrogen and oxygen atoms in total. The molecule has 2 aromatic carbocycles. The summed E-state index contributed by atoms with van der Waals surface area (Å²) in [6.45, 7) is 1.93. The van der Waals surface area contributed by atoms with E-state index in [9.17, 15) is 9.59 Å². The number of carbonyl (C=O) groups is 1. The molecule has 0 bridgehead atoms. The lowest BCUT2D eigenvalue weighted by atomic mass is 10.1. The Balaban J connectivity index is 1.50. The number of carbonyl (C=O) groups excluding carboxylic acids is 1.